The summed E-state index contributed by atoms with van der Waals surface area (Å²) >= 11 is 0. The second-order valence-electron chi connectivity index (χ2n) is 20.8. The molecule has 3 aromatic rings. The van der Waals surface area contributed by atoms with Crippen LogP contribution < -0.4 is 0 Å². The molecule has 0 aliphatic carbocycles. The van der Waals surface area contributed by atoms with Crippen LogP contribution in [0.4, 0.5) is 0 Å². The molecular formula is C50H80O10P2. The molecule has 0 aromatic heterocycles. The molecule has 0 amide bonds. The van der Waals surface area contributed by atoms with Gasteiger partial charge in [-0.1, -0.05) is 146 Å². The molecule has 3 rings (SSSR count). The maximum absolute atomic E-state index is 15.3. The van der Waals surface area contributed by atoms with Crippen molar-refractivity contribution in [1.82, 2.24) is 0 Å². The van der Waals surface area contributed by atoms with E-state index in [0.29, 0.717) is 39.8 Å². The summed E-state index contributed by atoms with van der Waals surface area (Å²) in [4.78, 5) is 20.7. The predicted octanol–water partition coefficient (Wildman–Crippen LogP) is 14.6. The first-order chi connectivity index (χ1) is 28.5. The number of phenolic OH excluding ortho intramolecular Hbond substituents is 3. The van der Waals surface area contributed by atoms with Gasteiger partial charge in [0.2, 0.25) is 0 Å². The Bertz CT molecular complexity index is 1980. The molecule has 0 saturated carbocycles. The third kappa shape index (κ3) is 14.7. The first-order valence-corrected chi connectivity index (χ1v) is 25.7. The molecule has 5 N–H and O–H groups in total. The molecule has 0 heterocycles. The standard InChI is InChI=1S/C50H80O10P2/c1-15-16-17-18-19-20-21-22-23-24-25-26-58-62(57,60-61(54,55)56)59-50(39-31-42(48(9,10)11)45(52)28-35(39)3,40-32-43(49(12,13)14)46(53)29-36(40)4)33-37(5)38-30-41(47(6,7)8)44(51)27-34(38)2/h27-32,37,51-53H,15-26,33H2,1-14H3,(H2,54,55,56). The van der Waals surface area contributed by atoms with Crippen LogP contribution in [0.25, 0.3) is 0 Å². The molecule has 0 saturated heterocycles. The summed E-state index contributed by atoms with van der Waals surface area (Å²) in [6, 6.07) is 10.6. The fraction of sp³-hybridized carbons (Fsp3) is 0.640. The number of phosphoric acid groups is 2. The van der Waals surface area contributed by atoms with Crippen molar-refractivity contribution in [1.29, 1.82) is 0 Å². The maximum atomic E-state index is 15.3. The average molecular weight is 903 g/mol. The fourth-order valence-electron chi connectivity index (χ4n) is 8.67. The zero-order chi connectivity index (χ0) is 47.1. The molecule has 62 heavy (non-hydrogen) atoms. The van der Waals surface area contributed by atoms with E-state index in [9.17, 15) is 29.7 Å². The normalized spacial score (nSPS) is 14.6. The second kappa shape index (κ2) is 21.5. The van der Waals surface area contributed by atoms with Crippen molar-refractivity contribution in [2.24, 2.45) is 0 Å². The van der Waals surface area contributed by atoms with E-state index in [4.69, 9.17) is 13.4 Å². The van der Waals surface area contributed by atoms with E-state index in [1.807, 2.05) is 94.4 Å². The van der Waals surface area contributed by atoms with Crippen LogP contribution in [0, 0.1) is 20.8 Å². The lowest BCUT2D eigenvalue weighted by Gasteiger charge is -2.42. The van der Waals surface area contributed by atoms with Crippen LogP contribution in [0.5, 0.6) is 17.2 Å². The van der Waals surface area contributed by atoms with Crippen molar-refractivity contribution in [2.45, 2.75) is 202 Å². The Labute approximate surface area is 374 Å². The van der Waals surface area contributed by atoms with E-state index in [0.717, 1.165) is 42.4 Å². The molecule has 2 atom stereocenters. The Balaban J connectivity index is 2.35. The van der Waals surface area contributed by atoms with Gasteiger partial charge in [0, 0.05) is 0 Å². The first kappa shape index (κ1) is 53.7. The lowest BCUT2D eigenvalue weighted by atomic mass is 9.71. The molecule has 12 heteroatoms. The van der Waals surface area contributed by atoms with E-state index in [1.165, 1.54) is 38.5 Å². The SMILES string of the molecule is CCCCCCCCCCCCCOP(=O)(OC(CC(C)c1cc(C(C)(C)C)c(O)cc1C)(c1cc(C(C)(C)C)c(O)cc1C)c1cc(C(C)(C)C)c(O)cc1C)OP(=O)(O)O. The van der Waals surface area contributed by atoms with Crippen molar-refractivity contribution in [3.05, 3.63) is 86.5 Å². The molecular weight excluding hydrogens is 822 g/mol. The van der Waals surface area contributed by atoms with Crippen LogP contribution in [-0.4, -0.2) is 31.7 Å². The van der Waals surface area contributed by atoms with E-state index in [2.05, 4.69) is 6.92 Å². The minimum atomic E-state index is -5.50. The number of hydrogen-bond acceptors (Lipinski definition) is 8. The molecule has 10 nitrogen and oxygen atoms in total. The monoisotopic (exact) mass is 903 g/mol. The average Bonchev–Trinajstić information content (AvgIpc) is 3.09. The van der Waals surface area contributed by atoms with Crippen LogP contribution in [0.15, 0.2) is 36.4 Å². The maximum Gasteiger partial charge on any atom is 0.484 e. The first-order valence-electron chi connectivity index (χ1n) is 22.7. The van der Waals surface area contributed by atoms with Gasteiger partial charge in [-0.05, 0) is 136 Å². The third-order valence-electron chi connectivity index (χ3n) is 12.0. The second-order valence-corrected chi connectivity index (χ2v) is 23.7. The van der Waals surface area contributed by atoms with Gasteiger partial charge in [0.1, 0.15) is 22.8 Å². The van der Waals surface area contributed by atoms with Gasteiger partial charge in [-0.25, -0.2) is 9.13 Å². The van der Waals surface area contributed by atoms with Crippen LogP contribution >= 0.6 is 15.6 Å². The minimum Gasteiger partial charge on any atom is -0.508 e. The summed E-state index contributed by atoms with van der Waals surface area (Å²) in [6.07, 6.45) is 11.8. The summed E-state index contributed by atoms with van der Waals surface area (Å²) in [6.45, 7) is 27.4. The summed E-state index contributed by atoms with van der Waals surface area (Å²) in [5.74, 6) is -0.170. The fourth-order valence-corrected chi connectivity index (χ4v) is 11.1. The van der Waals surface area contributed by atoms with Gasteiger partial charge in [-0.2, -0.15) is 4.31 Å². The highest BCUT2D eigenvalue weighted by molar-refractivity contribution is 7.61. The molecule has 0 bridgehead atoms. The Morgan fingerprint density at radius 2 is 0.919 bits per heavy atom. The van der Waals surface area contributed by atoms with Crippen molar-refractivity contribution in [3.8, 4) is 17.2 Å². The number of hydrogen-bond donors (Lipinski definition) is 5. The van der Waals surface area contributed by atoms with E-state index < -0.39 is 43.4 Å². The molecule has 350 valence electrons. The van der Waals surface area contributed by atoms with Crippen LogP contribution in [0.3, 0.4) is 0 Å². The Morgan fingerprint density at radius 3 is 1.31 bits per heavy atom. The predicted molar refractivity (Wildman–Crippen MR) is 253 cm³/mol. The Morgan fingerprint density at radius 1 is 0.548 bits per heavy atom. The van der Waals surface area contributed by atoms with Crippen molar-refractivity contribution >= 4 is 15.6 Å². The Kier molecular flexibility index (Phi) is 18.6. The number of phenols is 3. The molecule has 0 fully saturated rings. The summed E-state index contributed by atoms with van der Waals surface area (Å²) in [7, 11) is -10.7. The van der Waals surface area contributed by atoms with Gasteiger partial charge >= 0.3 is 15.6 Å². The van der Waals surface area contributed by atoms with Gasteiger partial charge in [0.25, 0.3) is 0 Å². The zero-order valence-corrected chi connectivity index (χ0v) is 42.2. The number of rotatable bonds is 22. The minimum absolute atomic E-state index is 0.0307. The quantitative estimate of drug-likeness (QED) is 0.0484. The van der Waals surface area contributed by atoms with E-state index in [-0.39, 0.29) is 30.3 Å². The number of phosphoric ester groups is 1. The van der Waals surface area contributed by atoms with E-state index in [1.54, 1.807) is 32.0 Å². The lowest BCUT2D eigenvalue weighted by molar-refractivity contribution is 0.0354. The smallest absolute Gasteiger partial charge is 0.484 e. The van der Waals surface area contributed by atoms with Crippen molar-refractivity contribution < 1.29 is 47.6 Å². The summed E-state index contributed by atoms with van der Waals surface area (Å²) < 4.78 is 46.2. The van der Waals surface area contributed by atoms with Gasteiger partial charge in [0.05, 0.1) is 6.61 Å². The highest BCUT2D eigenvalue weighted by Crippen LogP contribution is 2.67. The lowest BCUT2D eigenvalue weighted by Crippen LogP contribution is -2.35. The molecule has 0 aliphatic rings. The topological polar surface area (TPSA) is 163 Å². The largest absolute Gasteiger partial charge is 0.508 e. The summed E-state index contributed by atoms with van der Waals surface area (Å²) in [5, 5.41) is 34.0. The molecule has 0 aliphatic heterocycles. The zero-order valence-electron chi connectivity index (χ0n) is 40.4. The van der Waals surface area contributed by atoms with Gasteiger partial charge in [0.15, 0.2) is 0 Å². The van der Waals surface area contributed by atoms with E-state index >= 15 is 4.57 Å². The van der Waals surface area contributed by atoms with Gasteiger partial charge in [-0.3, -0.25) is 9.05 Å². The molecule has 3 aromatic carbocycles. The number of benzene rings is 3. The van der Waals surface area contributed by atoms with Crippen LogP contribution in [0.2, 0.25) is 0 Å². The highest BCUT2D eigenvalue weighted by atomic mass is 31.3. The van der Waals surface area contributed by atoms with Crippen LogP contribution in [-0.2, 0) is 44.3 Å². The van der Waals surface area contributed by atoms with Crippen molar-refractivity contribution in [2.75, 3.05) is 6.61 Å². The van der Waals surface area contributed by atoms with Crippen LogP contribution in [0.1, 0.15) is 209 Å². The van der Waals surface area contributed by atoms with Gasteiger partial charge in [-0.15, -0.1) is 0 Å². The highest BCUT2D eigenvalue weighted by Gasteiger charge is 2.50. The number of aryl methyl sites for hydroxylation is 3. The van der Waals surface area contributed by atoms with Gasteiger partial charge < -0.3 is 25.1 Å². The number of aromatic hydroxyl groups is 3. The summed E-state index contributed by atoms with van der Waals surface area (Å²) in [5.41, 5.74) is 2.15. The molecule has 0 radical (unpaired) electrons. The Hall–Kier alpha value is -2.68. The third-order valence-corrected chi connectivity index (χ3v) is 14.6. The van der Waals surface area contributed by atoms with Crippen molar-refractivity contribution in [3.63, 3.8) is 0 Å². The molecule has 0 spiro atoms. The number of unbranched alkanes of at least 4 members (excludes halogenated alkanes) is 10. The molecule has 2 unspecified atom stereocenters.